The lowest BCUT2D eigenvalue weighted by atomic mass is 10.1. The Bertz CT molecular complexity index is 1130. The van der Waals surface area contributed by atoms with Crippen LogP contribution < -0.4 is 9.47 Å². The third kappa shape index (κ3) is 16.4. The Labute approximate surface area is 242 Å². The van der Waals surface area contributed by atoms with E-state index in [0.29, 0.717) is 32.5 Å². The van der Waals surface area contributed by atoms with Crippen LogP contribution in [-0.2, 0) is 35.0 Å². The summed E-state index contributed by atoms with van der Waals surface area (Å²) in [6.07, 6.45) is 6.31. The van der Waals surface area contributed by atoms with Crippen LogP contribution in [0.1, 0.15) is 50.7 Å². The molecule has 0 spiro atoms. The number of hydrogen-bond acceptors (Lipinski definition) is 8. The van der Waals surface area contributed by atoms with E-state index < -0.39 is 5.97 Å². The van der Waals surface area contributed by atoms with Gasteiger partial charge in [0.15, 0.2) is 0 Å². The summed E-state index contributed by atoms with van der Waals surface area (Å²) < 4.78 is 25.0. The lowest BCUT2D eigenvalue weighted by Crippen LogP contribution is -2.07. The summed E-state index contributed by atoms with van der Waals surface area (Å²) in [7, 11) is 2.77. The number of carboxylic acids is 1. The molecule has 0 fully saturated rings. The number of rotatable bonds is 14. The summed E-state index contributed by atoms with van der Waals surface area (Å²) in [5, 5.41) is 8.37. The van der Waals surface area contributed by atoms with Crippen molar-refractivity contribution in [1.29, 1.82) is 0 Å². The van der Waals surface area contributed by atoms with Crippen molar-refractivity contribution in [3.8, 4) is 11.5 Å². The number of aryl methyl sites for hydroxylation is 2. The molecule has 41 heavy (non-hydrogen) atoms. The molecule has 9 nitrogen and oxygen atoms in total. The van der Waals surface area contributed by atoms with Gasteiger partial charge in [-0.2, -0.15) is 0 Å². The van der Waals surface area contributed by atoms with Crippen molar-refractivity contribution in [2.75, 3.05) is 34.0 Å². The molecule has 3 rings (SSSR count). The number of carbonyl (C=O) groups is 3. The molecule has 0 atom stereocenters. The van der Waals surface area contributed by atoms with Crippen LogP contribution in [0.3, 0.4) is 0 Å². The molecule has 0 saturated carbocycles. The first kappa shape index (κ1) is 34.8. The Balaban J connectivity index is 0.000000311. The predicted octanol–water partition coefficient (Wildman–Crippen LogP) is 5.84. The third-order valence-electron chi connectivity index (χ3n) is 5.59. The van der Waals surface area contributed by atoms with Gasteiger partial charge in [-0.25, -0.2) is 0 Å². The first-order chi connectivity index (χ1) is 19.7. The van der Waals surface area contributed by atoms with Gasteiger partial charge < -0.3 is 28.8 Å². The molecule has 224 valence electrons. The van der Waals surface area contributed by atoms with Crippen molar-refractivity contribution in [1.82, 2.24) is 0 Å². The predicted molar refractivity (Wildman–Crippen MR) is 156 cm³/mol. The zero-order valence-corrected chi connectivity index (χ0v) is 24.6. The number of hydrogen-bond donors (Lipinski definition) is 1. The van der Waals surface area contributed by atoms with Crippen molar-refractivity contribution >= 4 is 17.9 Å². The summed E-state index contributed by atoms with van der Waals surface area (Å²) >= 11 is 0. The fraction of sp³-hybridized carbons (Fsp3) is 0.406. The smallest absolute Gasteiger partial charge is 0.308 e. The summed E-state index contributed by atoms with van der Waals surface area (Å²) in [5.41, 5.74) is 3.52. The van der Waals surface area contributed by atoms with E-state index in [2.05, 4.69) is 28.5 Å². The number of allylic oxidation sites excluding steroid dienone is 3. The summed E-state index contributed by atoms with van der Waals surface area (Å²) in [5.74, 6) is 1.18. The quantitative estimate of drug-likeness (QED) is 0.221. The maximum Gasteiger partial charge on any atom is 0.308 e. The lowest BCUT2D eigenvalue weighted by Gasteiger charge is -2.14. The van der Waals surface area contributed by atoms with Crippen LogP contribution in [0, 0.1) is 6.92 Å². The normalized spacial score (nSPS) is 11.0. The van der Waals surface area contributed by atoms with Gasteiger partial charge in [0.2, 0.25) is 0 Å². The molecule has 1 aliphatic rings. The van der Waals surface area contributed by atoms with Crippen LogP contribution in [-0.4, -0.2) is 57.1 Å². The minimum absolute atomic E-state index is 0.0357. The van der Waals surface area contributed by atoms with E-state index in [9.17, 15) is 14.4 Å². The summed E-state index contributed by atoms with van der Waals surface area (Å²) in [6, 6.07) is 15.5. The van der Waals surface area contributed by atoms with Crippen LogP contribution in [0.25, 0.3) is 0 Å². The standard InChI is InChI=1S/C13H18O3.C10H12O3.C9H12O3/c1-3-11-6-8-12(9-7-11)16-10-4-5-13(14)15-2;1-8-3-2-4-9(7-8)13-6-5-10(11)12;1-7-3-4-8(7)12-6-5-9(10)11-2/h6-9H,3-5,10H2,1-2H3;2-4,7H,5-6H2,1H3,(H,11,12);3-4H,5-6H2,1-2H3. The van der Waals surface area contributed by atoms with Gasteiger partial charge >= 0.3 is 17.9 Å². The second-order valence-corrected chi connectivity index (χ2v) is 8.89. The summed E-state index contributed by atoms with van der Waals surface area (Å²) in [6.45, 7) is 7.20. The van der Waals surface area contributed by atoms with Crippen molar-refractivity contribution in [3.05, 3.63) is 83.1 Å². The average molecular weight is 571 g/mol. The first-order valence-corrected chi connectivity index (χ1v) is 13.5. The molecule has 0 bridgehead atoms. The SMILES string of the molecule is CCc1ccc(OCCCC(=O)OC)cc1.COC(=O)CCOC1=CC=C1C.Cc1cccc(OCCC(=O)O)c1. The van der Waals surface area contributed by atoms with Gasteiger partial charge in [-0.3, -0.25) is 14.4 Å². The van der Waals surface area contributed by atoms with Crippen LogP contribution in [0.5, 0.6) is 11.5 Å². The molecular formula is C32H42O9. The second-order valence-electron chi connectivity index (χ2n) is 8.89. The average Bonchev–Trinajstić information content (AvgIpc) is 2.97. The van der Waals surface area contributed by atoms with E-state index in [-0.39, 0.29) is 25.0 Å². The highest BCUT2D eigenvalue weighted by Gasteiger charge is 2.08. The van der Waals surface area contributed by atoms with Gasteiger partial charge in [0, 0.05) is 6.42 Å². The van der Waals surface area contributed by atoms with Crippen LogP contribution >= 0.6 is 0 Å². The van der Waals surface area contributed by atoms with E-state index >= 15 is 0 Å². The van der Waals surface area contributed by atoms with Crippen LogP contribution in [0.2, 0.25) is 0 Å². The van der Waals surface area contributed by atoms with Gasteiger partial charge in [0.25, 0.3) is 0 Å². The molecule has 0 radical (unpaired) electrons. The highest BCUT2D eigenvalue weighted by molar-refractivity contribution is 5.69. The Morgan fingerprint density at radius 3 is 1.90 bits per heavy atom. The number of esters is 2. The van der Waals surface area contributed by atoms with E-state index in [1.807, 2.05) is 62.4 Å². The van der Waals surface area contributed by atoms with Gasteiger partial charge in [0.1, 0.15) is 17.3 Å². The molecule has 0 aliphatic heterocycles. The molecule has 1 N–H and O–H groups in total. The largest absolute Gasteiger partial charge is 0.494 e. The van der Waals surface area contributed by atoms with E-state index in [1.165, 1.54) is 19.8 Å². The maximum absolute atomic E-state index is 10.8. The fourth-order valence-corrected chi connectivity index (χ4v) is 3.12. The van der Waals surface area contributed by atoms with Crippen molar-refractivity contribution in [3.63, 3.8) is 0 Å². The number of carboxylic acid groups (broad SMARTS) is 1. The van der Waals surface area contributed by atoms with Gasteiger partial charge in [0.05, 0.1) is 46.9 Å². The molecule has 1 aliphatic carbocycles. The minimum atomic E-state index is -0.840. The molecule has 2 aromatic carbocycles. The highest BCUT2D eigenvalue weighted by Crippen LogP contribution is 2.19. The third-order valence-corrected chi connectivity index (χ3v) is 5.59. The number of ether oxygens (including phenoxy) is 5. The molecule has 2 aromatic rings. The summed E-state index contributed by atoms with van der Waals surface area (Å²) in [4.78, 5) is 31.7. The fourth-order valence-electron chi connectivity index (χ4n) is 3.12. The second kappa shape index (κ2) is 20.6. The van der Waals surface area contributed by atoms with Gasteiger partial charge in [-0.1, -0.05) is 37.3 Å². The van der Waals surface area contributed by atoms with Crippen molar-refractivity contribution in [2.45, 2.75) is 52.9 Å². The topological polar surface area (TPSA) is 118 Å². The Morgan fingerprint density at radius 1 is 0.732 bits per heavy atom. The Morgan fingerprint density at radius 2 is 1.37 bits per heavy atom. The monoisotopic (exact) mass is 570 g/mol. The van der Waals surface area contributed by atoms with Crippen molar-refractivity contribution < 1.29 is 43.2 Å². The van der Waals surface area contributed by atoms with Crippen LogP contribution in [0.15, 0.2) is 72.0 Å². The molecule has 0 aromatic heterocycles. The van der Waals surface area contributed by atoms with Gasteiger partial charge in [-0.15, -0.1) is 0 Å². The highest BCUT2D eigenvalue weighted by atomic mass is 16.5. The molecule has 9 heteroatoms. The van der Waals surface area contributed by atoms with E-state index in [4.69, 9.17) is 19.3 Å². The molecular weight excluding hydrogens is 528 g/mol. The van der Waals surface area contributed by atoms with E-state index in [0.717, 1.165) is 34.8 Å². The Hall–Kier alpha value is -4.27. The molecule has 0 saturated heterocycles. The van der Waals surface area contributed by atoms with E-state index in [1.54, 1.807) is 0 Å². The maximum atomic E-state index is 10.8. The number of aliphatic carboxylic acids is 1. The minimum Gasteiger partial charge on any atom is -0.494 e. The molecule has 0 heterocycles. The van der Waals surface area contributed by atoms with Gasteiger partial charge in [-0.05, 0) is 73.7 Å². The Kier molecular flexibility index (Phi) is 17.5. The lowest BCUT2D eigenvalue weighted by molar-refractivity contribution is -0.142. The zero-order valence-electron chi connectivity index (χ0n) is 24.6. The molecule has 0 amide bonds. The first-order valence-electron chi connectivity index (χ1n) is 13.5. The molecule has 0 unspecified atom stereocenters. The number of benzene rings is 2. The number of methoxy groups -OCH3 is 2. The van der Waals surface area contributed by atoms with Crippen LogP contribution in [0.4, 0.5) is 0 Å². The van der Waals surface area contributed by atoms with Crippen molar-refractivity contribution in [2.24, 2.45) is 0 Å². The zero-order chi connectivity index (χ0) is 30.5. The number of carbonyl (C=O) groups excluding carboxylic acids is 2.